The number of hydrogen-bond acceptors (Lipinski definition) is 2. The van der Waals surface area contributed by atoms with Crippen LogP contribution in [-0.2, 0) is 9.59 Å². The van der Waals surface area contributed by atoms with Crippen molar-refractivity contribution in [3.8, 4) is 0 Å². The van der Waals surface area contributed by atoms with Gasteiger partial charge in [0.2, 0.25) is 5.91 Å². The van der Waals surface area contributed by atoms with Gasteiger partial charge < -0.3 is 10.0 Å². The molecule has 0 spiro atoms. The van der Waals surface area contributed by atoms with Gasteiger partial charge in [0.1, 0.15) is 11.9 Å². The lowest BCUT2D eigenvalue weighted by molar-refractivity contribution is -0.152. The Kier molecular flexibility index (Phi) is 4.94. The minimum atomic E-state index is -0.957. The molecule has 114 valence electrons. The van der Waals surface area contributed by atoms with Crippen molar-refractivity contribution in [3.05, 3.63) is 35.6 Å². The Hall–Kier alpha value is -1.91. The van der Waals surface area contributed by atoms with E-state index in [4.69, 9.17) is 0 Å². The molecule has 0 saturated carbocycles. The van der Waals surface area contributed by atoms with Crippen LogP contribution in [0.1, 0.15) is 44.1 Å². The summed E-state index contributed by atoms with van der Waals surface area (Å²) in [6, 6.07) is 5.65. The van der Waals surface area contributed by atoms with E-state index in [2.05, 4.69) is 0 Å². The average molecular weight is 293 g/mol. The van der Waals surface area contributed by atoms with Crippen molar-refractivity contribution < 1.29 is 19.1 Å². The summed E-state index contributed by atoms with van der Waals surface area (Å²) in [6.07, 6.45) is 2.27. The van der Waals surface area contributed by atoms with Gasteiger partial charge in [0.05, 0.1) is 0 Å². The summed E-state index contributed by atoms with van der Waals surface area (Å²) >= 11 is 0. The molecule has 1 aromatic carbocycles. The third-order valence-corrected chi connectivity index (χ3v) is 4.03. The number of benzene rings is 1. The van der Waals surface area contributed by atoms with Gasteiger partial charge >= 0.3 is 5.97 Å². The quantitative estimate of drug-likeness (QED) is 0.928. The summed E-state index contributed by atoms with van der Waals surface area (Å²) in [5.74, 6) is -1.76. The molecule has 0 unspecified atom stereocenters. The van der Waals surface area contributed by atoms with Crippen molar-refractivity contribution in [2.75, 3.05) is 6.54 Å². The van der Waals surface area contributed by atoms with Gasteiger partial charge in [-0.25, -0.2) is 9.18 Å². The number of likely N-dealkylation sites (tertiary alicyclic amines) is 1. The molecular weight excluding hydrogens is 273 g/mol. The lowest BCUT2D eigenvalue weighted by atomic mass is 9.95. The summed E-state index contributed by atoms with van der Waals surface area (Å²) in [5.41, 5.74) is 0.495. The highest BCUT2D eigenvalue weighted by Crippen LogP contribution is 2.25. The summed E-state index contributed by atoms with van der Waals surface area (Å²) in [7, 11) is 0. The number of hydrogen-bond donors (Lipinski definition) is 1. The van der Waals surface area contributed by atoms with Gasteiger partial charge in [-0.2, -0.15) is 0 Å². The lowest BCUT2D eigenvalue weighted by Crippen LogP contribution is -2.48. The van der Waals surface area contributed by atoms with Gasteiger partial charge in [-0.3, -0.25) is 4.79 Å². The van der Waals surface area contributed by atoms with Crippen molar-refractivity contribution in [2.24, 2.45) is 0 Å². The summed E-state index contributed by atoms with van der Waals surface area (Å²) < 4.78 is 13.7. The number of halogens is 1. The van der Waals surface area contributed by atoms with Crippen LogP contribution in [0.4, 0.5) is 4.39 Å². The Balaban J connectivity index is 2.06. The Morgan fingerprint density at radius 3 is 2.76 bits per heavy atom. The monoisotopic (exact) mass is 293 g/mol. The van der Waals surface area contributed by atoms with E-state index in [1.54, 1.807) is 25.1 Å². The highest BCUT2D eigenvalue weighted by Gasteiger charge is 2.32. The molecule has 0 aliphatic carbocycles. The molecule has 2 atom stereocenters. The van der Waals surface area contributed by atoms with E-state index >= 15 is 0 Å². The number of nitrogens with zero attached hydrogens (tertiary/aromatic N) is 1. The summed E-state index contributed by atoms with van der Waals surface area (Å²) in [4.78, 5) is 25.0. The number of carbonyl (C=O) groups excluding carboxylic acids is 1. The second-order valence-electron chi connectivity index (χ2n) is 5.56. The smallest absolute Gasteiger partial charge is 0.326 e. The van der Waals surface area contributed by atoms with Crippen molar-refractivity contribution in [2.45, 2.75) is 44.6 Å². The fraction of sp³-hybridized carbons (Fsp3) is 0.500. The van der Waals surface area contributed by atoms with Crippen molar-refractivity contribution >= 4 is 11.9 Å². The van der Waals surface area contributed by atoms with Crippen molar-refractivity contribution in [1.82, 2.24) is 4.90 Å². The summed E-state index contributed by atoms with van der Waals surface area (Å²) in [5, 5.41) is 9.20. The van der Waals surface area contributed by atoms with Gasteiger partial charge in [-0.1, -0.05) is 25.1 Å². The maximum absolute atomic E-state index is 13.7. The molecular formula is C16H20FNO3. The molecule has 4 nitrogen and oxygen atoms in total. The molecule has 0 aromatic heterocycles. The highest BCUT2D eigenvalue weighted by atomic mass is 19.1. The van der Waals surface area contributed by atoms with Gasteiger partial charge in [0.25, 0.3) is 0 Å². The second-order valence-corrected chi connectivity index (χ2v) is 5.56. The molecule has 21 heavy (non-hydrogen) atoms. The number of carbonyl (C=O) groups is 2. The zero-order chi connectivity index (χ0) is 15.4. The molecule has 1 N–H and O–H groups in total. The van der Waals surface area contributed by atoms with Crippen LogP contribution in [0.15, 0.2) is 24.3 Å². The first kappa shape index (κ1) is 15.5. The van der Waals surface area contributed by atoms with E-state index in [1.807, 2.05) is 0 Å². The normalized spacial score (nSPS) is 20.1. The zero-order valence-corrected chi connectivity index (χ0v) is 12.1. The molecule has 1 heterocycles. The molecule has 1 fully saturated rings. The molecule has 1 saturated heterocycles. The fourth-order valence-electron chi connectivity index (χ4n) is 2.85. The van der Waals surface area contributed by atoms with E-state index < -0.39 is 12.0 Å². The Bertz CT molecular complexity index is 532. The molecule has 1 aliphatic rings. The van der Waals surface area contributed by atoms with E-state index in [9.17, 15) is 19.1 Å². The number of carboxylic acid groups (broad SMARTS) is 1. The van der Waals surface area contributed by atoms with Gasteiger partial charge in [0.15, 0.2) is 0 Å². The van der Waals surface area contributed by atoms with Gasteiger partial charge in [0, 0.05) is 13.0 Å². The molecule has 1 aromatic rings. The predicted molar refractivity (Wildman–Crippen MR) is 76.4 cm³/mol. The molecule has 0 bridgehead atoms. The van der Waals surface area contributed by atoms with Crippen LogP contribution in [0.3, 0.4) is 0 Å². The maximum atomic E-state index is 13.7. The van der Waals surface area contributed by atoms with Crippen molar-refractivity contribution in [3.63, 3.8) is 0 Å². The Morgan fingerprint density at radius 1 is 1.38 bits per heavy atom. The van der Waals surface area contributed by atoms with Crippen LogP contribution in [0.2, 0.25) is 0 Å². The third-order valence-electron chi connectivity index (χ3n) is 4.03. The predicted octanol–water partition coefficient (Wildman–Crippen LogP) is 2.79. The lowest BCUT2D eigenvalue weighted by Gasteiger charge is -2.33. The average Bonchev–Trinajstić information content (AvgIpc) is 2.47. The van der Waals surface area contributed by atoms with E-state index in [0.717, 1.165) is 12.8 Å². The van der Waals surface area contributed by atoms with Gasteiger partial charge in [-0.05, 0) is 36.8 Å². The number of carboxylic acids is 1. The van der Waals surface area contributed by atoms with E-state index in [-0.39, 0.29) is 24.1 Å². The molecule has 1 amide bonds. The summed E-state index contributed by atoms with van der Waals surface area (Å²) in [6.45, 7) is 2.26. The number of rotatable bonds is 4. The van der Waals surface area contributed by atoms with Crippen LogP contribution in [0.25, 0.3) is 0 Å². The third kappa shape index (κ3) is 3.60. The van der Waals surface area contributed by atoms with E-state index in [1.165, 1.54) is 11.0 Å². The minimum absolute atomic E-state index is 0.130. The Labute approximate surface area is 123 Å². The van der Waals surface area contributed by atoms with Crippen LogP contribution in [0, 0.1) is 5.82 Å². The maximum Gasteiger partial charge on any atom is 0.326 e. The first-order valence-electron chi connectivity index (χ1n) is 7.27. The SMILES string of the molecule is C[C@@H](CC(=O)N1CCCC[C@H]1C(=O)O)c1ccccc1F. The van der Waals surface area contributed by atoms with Gasteiger partial charge in [-0.15, -0.1) is 0 Å². The topological polar surface area (TPSA) is 57.6 Å². The largest absolute Gasteiger partial charge is 0.480 e. The number of piperidine rings is 1. The minimum Gasteiger partial charge on any atom is -0.480 e. The molecule has 5 heteroatoms. The number of aliphatic carboxylic acids is 1. The van der Waals surface area contributed by atoms with Crippen LogP contribution >= 0.6 is 0 Å². The fourth-order valence-corrected chi connectivity index (χ4v) is 2.85. The Morgan fingerprint density at radius 2 is 2.10 bits per heavy atom. The van der Waals surface area contributed by atoms with Crippen LogP contribution in [-0.4, -0.2) is 34.5 Å². The number of amides is 1. The first-order chi connectivity index (χ1) is 10.0. The second kappa shape index (κ2) is 6.70. The van der Waals surface area contributed by atoms with Crippen LogP contribution < -0.4 is 0 Å². The first-order valence-corrected chi connectivity index (χ1v) is 7.27. The standard InChI is InChI=1S/C16H20FNO3/c1-11(12-6-2-3-7-13(12)17)10-15(19)18-9-5-4-8-14(18)16(20)21/h2-3,6-7,11,14H,4-5,8-10H2,1H3,(H,20,21)/t11-,14-/m0/s1. The van der Waals surface area contributed by atoms with Crippen molar-refractivity contribution in [1.29, 1.82) is 0 Å². The highest BCUT2D eigenvalue weighted by molar-refractivity contribution is 5.84. The van der Waals surface area contributed by atoms with E-state index in [0.29, 0.717) is 18.5 Å². The molecule has 1 aliphatic heterocycles. The molecule has 2 rings (SSSR count). The van der Waals surface area contributed by atoms with Crippen LogP contribution in [0.5, 0.6) is 0 Å². The zero-order valence-electron chi connectivity index (χ0n) is 12.1. The molecule has 0 radical (unpaired) electrons.